The molecule has 1 aromatic rings. The smallest absolute Gasteiger partial charge is 0.191 e. The average molecular weight is 152 g/mol. The molecule has 0 fully saturated rings. The fourth-order valence-electron chi connectivity index (χ4n) is 0.903. The lowest BCUT2D eigenvalue weighted by molar-refractivity contribution is 0.0501. The molecule has 0 aromatic carbocycles. The maximum absolute atomic E-state index is 5.09. The van der Waals surface area contributed by atoms with Crippen molar-refractivity contribution in [1.82, 2.24) is 5.48 Å². The molecule has 2 rings (SSSR count). The molecular formula is C7H8N2O2. The largest absolute Gasteiger partial charge is 0.461 e. The summed E-state index contributed by atoms with van der Waals surface area (Å²) in [6, 6.07) is 3.63. The predicted octanol–water partition coefficient (Wildman–Crippen LogP) is 0.907. The van der Waals surface area contributed by atoms with Gasteiger partial charge in [-0.2, -0.15) is 0 Å². The van der Waals surface area contributed by atoms with Crippen LogP contribution in [0.2, 0.25) is 0 Å². The Kier molecular flexibility index (Phi) is 1.40. The quantitative estimate of drug-likeness (QED) is 0.650. The zero-order chi connectivity index (χ0) is 7.68. The molecule has 0 aliphatic carbocycles. The van der Waals surface area contributed by atoms with Crippen molar-refractivity contribution >= 4 is 5.84 Å². The number of nitrogens with one attached hydrogen (secondary N) is 1. The van der Waals surface area contributed by atoms with Crippen LogP contribution in [-0.2, 0) is 4.84 Å². The van der Waals surface area contributed by atoms with Crippen LogP contribution in [0.15, 0.2) is 27.8 Å². The van der Waals surface area contributed by atoms with Gasteiger partial charge in [0.05, 0.1) is 6.26 Å². The highest BCUT2D eigenvalue weighted by molar-refractivity contribution is 5.96. The summed E-state index contributed by atoms with van der Waals surface area (Å²) in [5.74, 6) is 1.36. The highest BCUT2D eigenvalue weighted by atomic mass is 16.7. The van der Waals surface area contributed by atoms with Crippen LogP contribution in [0.25, 0.3) is 0 Å². The third kappa shape index (κ3) is 1.12. The number of amidine groups is 1. The molecule has 58 valence electrons. The van der Waals surface area contributed by atoms with Gasteiger partial charge in [-0.3, -0.25) is 0 Å². The zero-order valence-electron chi connectivity index (χ0n) is 6.07. The number of hydrogen-bond donors (Lipinski definition) is 1. The van der Waals surface area contributed by atoms with E-state index in [-0.39, 0.29) is 6.23 Å². The normalized spacial score (nSPS) is 23.0. The first-order valence-corrected chi connectivity index (χ1v) is 3.39. The lowest BCUT2D eigenvalue weighted by Crippen LogP contribution is -2.17. The molecule has 11 heavy (non-hydrogen) atoms. The van der Waals surface area contributed by atoms with E-state index in [9.17, 15) is 0 Å². The second-order valence-corrected chi connectivity index (χ2v) is 2.27. The van der Waals surface area contributed by atoms with E-state index in [2.05, 4.69) is 10.5 Å². The number of hydroxylamine groups is 1. The Morgan fingerprint density at radius 3 is 3.09 bits per heavy atom. The molecule has 1 unspecified atom stereocenters. The first-order valence-electron chi connectivity index (χ1n) is 3.39. The third-order valence-electron chi connectivity index (χ3n) is 1.39. The van der Waals surface area contributed by atoms with Crippen LogP contribution in [0, 0.1) is 0 Å². The Bertz CT molecular complexity index is 266. The SMILES string of the molecule is CC1N=C(c2ccco2)NO1. The minimum Gasteiger partial charge on any atom is -0.461 e. The molecule has 0 spiro atoms. The number of nitrogens with zero attached hydrogens (tertiary/aromatic N) is 1. The van der Waals surface area contributed by atoms with Gasteiger partial charge in [-0.05, 0) is 19.1 Å². The van der Waals surface area contributed by atoms with Crippen molar-refractivity contribution in [2.75, 3.05) is 0 Å². The molecule has 0 radical (unpaired) electrons. The lowest BCUT2D eigenvalue weighted by Gasteiger charge is -1.95. The molecule has 1 aliphatic heterocycles. The maximum atomic E-state index is 5.09. The van der Waals surface area contributed by atoms with Crippen LogP contribution in [0.4, 0.5) is 0 Å². The van der Waals surface area contributed by atoms with Gasteiger partial charge < -0.3 is 4.42 Å². The van der Waals surface area contributed by atoms with Gasteiger partial charge in [0.1, 0.15) is 0 Å². The molecule has 0 bridgehead atoms. The van der Waals surface area contributed by atoms with E-state index in [1.165, 1.54) is 0 Å². The Balaban J connectivity index is 2.25. The van der Waals surface area contributed by atoms with Gasteiger partial charge in [0.15, 0.2) is 17.8 Å². The van der Waals surface area contributed by atoms with Crippen molar-refractivity contribution in [1.29, 1.82) is 0 Å². The topological polar surface area (TPSA) is 46.8 Å². The van der Waals surface area contributed by atoms with E-state index in [0.29, 0.717) is 11.6 Å². The van der Waals surface area contributed by atoms with Gasteiger partial charge in [-0.25, -0.2) is 15.3 Å². The van der Waals surface area contributed by atoms with E-state index >= 15 is 0 Å². The van der Waals surface area contributed by atoms with Crippen molar-refractivity contribution in [3.8, 4) is 0 Å². The van der Waals surface area contributed by atoms with Gasteiger partial charge >= 0.3 is 0 Å². The number of hydrogen-bond acceptors (Lipinski definition) is 4. The van der Waals surface area contributed by atoms with Gasteiger partial charge in [0.2, 0.25) is 0 Å². The fourth-order valence-corrected chi connectivity index (χ4v) is 0.903. The molecular weight excluding hydrogens is 144 g/mol. The summed E-state index contributed by atoms with van der Waals surface area (Å²) >= 11 is 0. The van der Waals surface area contributed by atoms with Crippen LogP contribution < -0.4 is 5.48 Å². The van der Waals surface area contributed by atoms with E-state index in [1.807, 2.05) is 19.1 Å². The summed E-state index contributed by atoms with van der Waals surface area (Å²) in [6.45, 7) is 1.85. The summed E-state index contributed by atoms with van der Waals surface area (Å²) in [6.07, 6.45) is 1.47. The molecule has 0 saturated heterocycles. The minimum atomic E-state index is -0.130. The Morgan fingerprint density at radius 2 is 2.55 bits per heavy atom. The minimum absolute atomic E-state index is 0.130. The zero-order valence-corrected chi connectivity index (χ0v) is 6.07. The maximum Gasteiger partial charge on any atom is 0.191 e. The molecule has 1 N–H and O–H groups in total. The highest BCUT2D eigenvalue weighted by Gasteiger charge is 2.15. The van der Waals surface area contributed by atoms with Crippen molar-refractivity contribution in [2.45, 2.75) is 13.2 Å². The second kappa shape index (κ2) is 2.39. The highest BCUT2D eigenvalue weighted by Crippen LogP contribution is 2.07. The van der Waals surface area contributed by atoms with Crippen molar-refractivity contribution in [3.05, 3.63) is 24.2 Å². The van der Waals surface area contributed by atoms with Crippen molar-refractivity contribution in [2.24, 2.45) is 4.99 Å². The molecule has 1 aromatic heterocycles. The first kappa shape index (κ1) is 6.42. The van der Waals surface area contributed by atoms with Crippen molar-refractivity contribution < 1.29 is 9.25 Å². The molecule has 4 heteroatoms. The van der Waals surface area contributed by atoms with Crippen LogP contribution >= 0.6 is 0 Å². The number of rotatable bonds is 1. The molecule has 0 amide bonds. The van der Waals surface area contributed by atoms with Crippen LogP contribution in [-0.4, -0.2) is 12.1 Å². The lowest BCUT2D eigenvalue weighted by atomic mass is 10.4. The molecule has 1 aliphatic rings. The van der Waals surface area contributed by atoms with Crippen LogP contribution in [0.5, 0.6) is 0 Å². The summed E-state index contributed by atoms with van der Waals surface area (Å²) in [5.41, 5.74) is 2.66. The summed E-state index contributed by atoms with van der Waals surface area (Å²) < 4.78 is 5.09. The third-order valence-corrected chi connectivity index (χ3v) is 1.39. The van der Waals surface area contributed by atoms with Gasteiger partial charge in [0, 0.05) is 0 Å². The summed E-state index contributed by atoms with van der Waals surface area (Å²) in [5, 5.41) is 0. The van der Waals surface area contributed by atoms with Gasteiger partial charge in [-0.1, -0.05) is 0 Å². The van der Waals surface area contributed by atoms with E-state index < -0.39 is 0 Å². The van der Waals surface area contributed by atoms with Crippen LogP contribution in [0.1, 0.15) is 12.7 Å². The molecule has 2 heterocycles. The Morgan fingerprint density at radius 1 is 1.64 bits per heavy atom. The van der Waals surface area contributed by atoms with Crippen LogP contribution in [0.3, 0.4) is 0 Å². The van der Waals surface area contributed by atoms with Gasteiger partial charge in [-0.15, -0.1) is 0 Å². The predicted molar refractivity (Wildman–Crippen MR) is 38.9 cm³/mol. The molecule has 0 saturated carbocycles. The summed E-state index contributed by atoms with van der Waals surface area (Å²) in [4.78, 5) is 9.10. The Hall–Kier alpha value is -1.29. The average Bonchev–Trinajstić information content (AvgIpc) is 2.55. The monoisotopic (exact) mass is 152 g/mol. The van der Waals surface area contributed by atoms with Crippen molar-refractivity contribution in [3.63, 3.8) is 0 Å². The fraction of sp³-hybridized carbons (Fsp3) is 0.286. The number of furan rings is 1. The molecule has 4 nitrogen and oxygen atoms in total. The van der Waals surface area contributed by atoms with E-state index in [0.717, 1.165) is 0 Å². The number of aliphatic imine (C=N–C) groups is 1. The Labute approximate surface area is 63.8 Å². The first-order chi connectivity index (χ1) is 5.36. The standard InChI is InChI=1S/C7H8N2O2/c1-5-8-7(9-11-5)6-3-2-4-10-6/h2-5H,1H3,(H,8,9). The molecule has 1 atom stereocenters. The van der Waals surface area contributed by atoms with E-state index in [1.54, 1.807) is 6.26 Å². The van der Waals surface area contributed by atoms with E-state index in [4.69, 9.17) is 9.25 Å². The van der Waals surface area contributed by atoms with Gasteiger partial charge in [0.25, 0.3) is 0 Å². The second-order valence-electron chi connectivity index (χ2n) is 2.27. The summed E-state index contributed by atoms with van der Waals surface area (Å²) in [7, 11) is 0.